The number of carbonyl (C=O) groups is 2. The maximum Gasteiger partial charge on any atom is 0.337 e. The van der Waals surface area contributed by atoms with E-state index in [1.165, 1.54) is 38.7 Å². The number of hydrogen-bond donors (Lipinski definition) is 3. The van der Waals surface area contributed by atoms with Crippen LogP contribution in [0.5, 0.6) is 0 Å². The number of anilines is 4. The van der Waals surface area contributed by atoms with Crippen molar-refractivity contribution >= 4 is 34.9 Å². The fourth-order valence-corrected chi connectivity index (χ4v) is 2.10. The highest BCUT2D eigenvalue weighted by Crippen LogP contribution is 2.27. The molecule has 2 aromatic rings. The summed E-state index contributed by atoms with van der Waals surface area (Å²) in [7, 11) is 6.08. The summed E-state index contributed by atoms with van der Waals surface area (Å²) in [5.74, 6) is -0.471. The van der Waals surface area contributed by atoms with Gasteiger partial charge in [-0.2, -0.15) is 0 Å². The maximum absolute atomic E-state index is 11.9. The summed E-state index contributed by atoms with van der Waals surface area (Å²) in [6.07, 6.45) is 1.33. The Morgan fingerprint density at radius 3 is 2.04 bits per heavy atom. The van der Waals surface area contributed by atoms with E-state index < -0.39 is 11.9 Å². The predicted octanol–water partition coefficient (Wildman–Crippen LogP) is 1.26. The van der Waals surface area contributed by atoms with Gasteiger partial charge >= 0.3 is 11.9 Å². The normalized spacial score (nSPS) is 10.3. The number of rotatable bonds is 6. The highest BCUT2D eigenvalue weighted by Gasteiger charge is 2.15. The van der Waals surface area contributed by atoms with E-state index in [9.17, 15) is 9.59 Å². The highest BCUT2D eigenvalue weighted by molar-refractivity contribution is 5.97. The van der Waals surface area contributed by atoms with Crippen LogP contribution in [-0.2, 0) is 9.47 Å². The van der Waals surface area contributed by atoms with E-state index in [1.807, 2.05) is 0 Å². The van der Waals surface area contributed by atoms with Crippen molar-refractivity contribution in [1.82, 2.24) is 15.0 Å². The second-order valence-electron chi connectivity index (χ2n) is 5.40. The van der Waals surface area contributed by atoms with Gasteiger partial charge in [-0.1, -0.05) is 0 Å². The molecule has 10 nitrogen and oxygen atoms in total. The Labute approximate surface area is 150 Å². The zero-order valence-corrected chi connectivity index (χ0v) is 14.9. The molecule has 0 radical (unpaired) electrons. The van der Waals surface area contributed by atoms with Crippen LogP contribution in [0.25, 0.3) is 0 Å². The standard InChI is InChI=1S/C16H20N6O4/c1-22(2)21-14-12(17)13(18-8-19-14)20-11-6-9(15(23)25-3)5-10(7-11)16(24)26-4/h5-8H,17H2,1-4H3,(H2,18,19,20,21). The number of aromatic nitrogens is 2. The number of esters is 2. The van der Waals surface area contributed by atoms with Crippen molar-refractivity contribution in [3.05, 3.63) is 35.7 Å². The van der Waals surface area contributed by atoms with Gasteiger partial charge < -0.3 is 25.9 Å². The molecule has 0 spiro atoms. The molecule has 138 valence electrons. The van der Waals surface area contributed by atoms with Gasteiger partial charge in [0.2, 0.25) is 0 Å². The number of nitrogens with two attached hydrogens (primary N) is 1. The summed E-state index contributed by atoms with van der Waals surface area (Å²) in [6.45, 7) is 0. The second kappa shape index (κ2) is 8.12. The maximum atomic E-state index is 11.9. The van der Waals surface area contributed by atoms with Crippen LogP contribution in [0.1, 0.15) is 20.7 Å². The van der Waals surface area contributed by atoms with Gasteiger partial charge in [0.1, 0.15) is 12.0 Å². The number of ether oxygens (including phenoxy) is 2. The van der Waals surface area contributed by atoms with Crippen LogP contribution in [0, 0.1) is 0 Å². The number of nitrogen functional groups attached to an aromatic ring is 1. The lowest BCUT2D eigenvalue weighted by Crippen LogP contribution is -2.21. The third kappa shape index (κ3) is 4.36. The number of nitrogens with zero attached hydrogens (tertiary/aromatic N) is 3. The molecule has 0 saturated heterocycles. The van der Waals surface area contributed by atoms with Crippen LogP contribution in [0.3, 0.4) is 0 Å². The number of carbonyl (C=O) groups excluding carboxylic acids is 2. The zero-order chi connectivity index (χ0) is 19.3. The largest absolute Gasteiger partial charge is 0.465 e. The fraction of sp³-hybridized carbons (Fsp3) is 0.250. The number of hydrazine groups is 1. The van der Waals surface area contributed by atoms with Gasteiger partial charge in [0.15, 0.2) is 11.6 Å². The summed E-state index contributed by atoms with van der Waals surface area (Å²) < 4.78 is 9.42. The number of nitrogens with one attached hydrogen (secondary N) is 2. The van der Waals surface area contributed by atoms with Crippen molar-refractivity contribution in [3.8, 4) is 0 Å². The van der Waals surface area contributed by atoms with Crippen molar-refractivity contribution in [2.45, 2.75) is 0 Å². The van der Waals surface area contributed by atoms with Gasteiger partial charge in [0, 0.05) is 19.8 Å². The van der Waals surface area contributed by atoms with E-state index in [1.54, 1.807) is 19.1 Å². The molecule has 0 bridgehead atoms. The molecule has 2 rings (SSSR count). The lowest BCUT2D eigenvalue weighted by molar-refractivity contribution is 0.0599. The number of hydrogen-bond acceptors (Lipinski definition) is 10. The van der Waals surface area contributed by atoms with Crippen molar-refractivity contribution < 1.29 is 19.1 Å². The summed E-state index contributed by atoms with van der Waals surface area (Å²) in [5.41, 5.74) is 10.0. The molecular weight excluding hydrogens is 340 g/mol. The minimum Gasteiger partial charge on any atom is -0.465 e. The van der Waals surface area contributed by atoms with Crippen LogP contribution in [0.4, 0.5) is 23.0 Å². The molecule has 26 heavy (non-hydrogen) atoms. The van der Waals surface area contributed by atoms with Gasteiger partial charge in [-0.15, -0.1) is 0 Å². The summed E-state index contributed by atoms with van der Waals surface area (Å²) in [5, 5.41) is 4.65. The lowest BCUT2D eigenvalue weighted by Gasteiger charge is -2.16. The fourth-order valence-electron chi connectivity index (χ4n) is 2.10. The first-order valence-electron chi connectivity index (χ1n) is 7.49. The summed E-state index contributed by atoms with van der Waals surface area (Å²) in [6, 6.07) is 4.41. The van der Waals surface area contributed by atoms with Crippen LogP contribution >= 0.6 is 0 Å². The van der Waals surface area contributed by atoms with Gasteiger partial charge in [0.05, 0.1) is 25.3 Å². The second-order valence-corrected chi connectivity index (χ2v) is 5.40. The minimum absolute atomic E-state index is 0.178. The van der Waals surface area contributed by atoms with Crippen LogP contribution in [0.2, 0.25) is 0 Å². The van der Waals surface area contributed by atoms with E-state index in [0.29, 0.717) is 17.3 Å². The van der Waals surface area contributed by atoms with Crippen molar-refractivity contribution in [2.75, 3.05) is 44.8 Å². The molecule has 0 atom stereocenters. The highest BCUT2D eigenvalue weighted by atomic mass is 16.5. The first-order chi connectivity index (χ1) is 12.3. The van der Waals surface area contributed by atoms with Crippen molar-refractivity contribution in [2.24, 2.45) is 0 Å². The molecule has 0 aliphatic heterocycles. The van der Waals surface area contributed by atoms with E-state index in [4.69, 9.17) is 15.2 Å². The van der Waals surface area contributed by atoms with Crippen LogP contribution in [-0.4, -0.2) is 55.2 Å². The van der Waals surface area contributed by atoms with Crippen molar-refractivity contribution in [1.29, 1.82) is 0 Å². The smallest absolute Gasteiger partial charge is 0.337 e. The predicted molar refractivity (Wildman–Crippen MR) is 96.2 cm³/mol. The summed E-state index contributed by atoms with van der Waals surface area (Å²) >= 11 is 0. The zero-order valence-electron chi connectivity index (χ0n) is 14.9. The molecule has 0 saturated carbocycles. The van der Waals surface area contributed by atoms with E-state index in [0.717, 1.165) is 0 Å². The molecule has 0 unspecified atom stereocenters. The molecule has 1 heterocycles. The molecule has 0 fully saturated rings. The summed E-state index contributed by atoms with van der Waals surface area (Å²) in [4.78, 5) is 31.9. The molecule has 4 N–H and O–H groups in total. The Kier molecular flexibility index (Phi) is 5.91. The Hall–Kier alpha value is -3.40. The van der Waals surface area contributed by atoms with Gasteiger partial charge in [-0.3, -0.25) is 0 Å². The van der Waals surface area contributed by atoms with Crippen LogP contribution < -0.4 is 16.5 Å². The Balaban J connectivity index is 2.42. The number of benzene rings is 1. The Bertz CT molecular complexity index is 790. The van der Waals surface area contributed by atoms with E-state index >= 15 is 0 Å². The monoisotopic (exact) mass is 360 g/mol. The quantitative estimate of drug-likeness (QED) is 0.511. The van der Waals surface area contributed by atoms with E-state index in [-0.39, 0.29) is 16.8 Å². The molecule has 1 aromatic heterocycles. The first-order valence-corrected chi connectivity index (χ1v) is 7.49. The average Bonchev–Trinajstić information content (AvgIpc) is 2.63. The minimum atomic E-state index is -0.593. The molecule has 0 aliphatic rings. The molecular formula is C16H20N6O4. The Morgan fingerprint density at radius 1 is 1.00 bits per heavy atom. The third-order valence-corrected chi connectivity index (χ3v) is 3.25. The molecule has 0 amide bonds. The number of methoxy groups -OCH3 is 2. The lowest BCUT2D eigenvalue weighted by atomic mass is 10.1. The van der Waals surface area contributed by atoms with Gasteiger partial charge in [0.25, 0.3) is 0 Å². The molecule has 10 heteroatoms. The van der Waals surface area contributed by atoms with Gasteiger partial charge in [-0.25, -0.2) is 24.6 Å². The SMILES string of the molecule is COC(=O)c1cc(Nc2ncnc(NN(C)C)c2N)cc(C(=O)OC)c1. The topological polar surface area (TPSA) is 132 Å². The Morgan fingerprint density at radius 2 is 1.54 bits per heavy atom. The van der Waals surface area contributed by atoms with E-state index in [2.05, 4.69) is 20.7 Å². The molecule has 0 aliphatic carbocycles. The van der Waals surface area contributed by atoms with Crippen LogP contribution in [0.15, 0.2) is 24.5 Å². The third-order valence-electron chi connectivity index (χ3n) is 3.25. The van der Waals surface area contributed by atoms with Gasteiger partial charge in [-0.05, 0) is 18.2 Å². The average molecular weight is 360 g/mol. The van der Waals surface area contributed by atoms with Crippen molar-refractivity contribution in [3.63, 3.8) is 0 Å². The molecule has 1 aromatic carbocycles. The first kappa shape index (κ1) is 18.9.